The third-order valence-corrected chi connectivity index (χ3v) is 5.22. The van der Waals surface area contributed by atoms with Gasteiger partial charge in [0, 0.05) is 12.6 Å². The van der Waals surface area contributed by atoms with Crippen LogP contribution in [0.25, 0.3) is 6.08 Å². The predicted octanol–water partition coefficient (Wildman–Crippen LogP) is 4.52. The van der Waals surface area contributed by atoms with Gasteiger partial charge in [0.2, 0.25) is 11.8 Å². The Kier molecular flexibility index (Phi) is 9.00. The number of rotatable bonds is 10. The summed E-state index contributed by atoms with van der Waals surface area (Å²) in [5, 5.41) is 9.16. The second-order valence-electron chi connectivity index (χ2n) is 8.52. The number of carbonyl (C=O) groups is 2. The molecular weight excluding hydrogens is 424 g/mol. The fourth-order valence-electron chi connectivity index (χ4n) is 3.36. The number of nitrogens with two attached hydrogens (primary N) is 1. The number of nitrogens with one attached hydrogen (secondary N) is 3. The largest absolute Gasteiger partial charge is 0.397 e. The van der Waals surface area contributed by atoms with Crippen molar-refractivity contribution in [2.75, 3.05) is 17.6 Å². The molecule has 0 saturated heterocycles. The summed E-state index contributed by atoms with van der Waals surface area (Å²) < 4.78 is 0. The lowest BCUT2D eigenvalue weighted by molar-refractivity contribution is -0.123. The van der Waals surface area contributed by atoms with Crippen molar-refractivity contribution in [1.29, 1.82) is 0 Å². The van der Waals surface area contributed by atoms with Gasteiger partial charge in [0.1, 0.15) is 6.04 Å². The molecule has 176 valence electrons. The molecule has 34 heavy (non-hydrogen) atoms. The third kappa shape index (κ3) is 7.60. The van der Waals surface area contributed by atoms with Crippen LogP contribution in [0.4, 0.5) is 11.4 Å². The summed E-state index contributed by atoms with van der Waals surface area (Å²) in [7, 11) is 0. The number of benzene rings is 3. The standard InChI is InChI=1S/C28H32N4O2/c1-20(2)18-30-27(28(34)31-19-22-8-4-3-5-9-22)23-15-12-21(13-16-23)14-17-26(33)32-25-11-7-6-10-24(25)29/h3-17,20,27,30H,18-19,29H2,1-2H3,(H,31,34)(H,32,33)/b17-14+. The van der Waals surface area contributed by atoms with E-state index in [2.05, 4.69) is 29.8 Å². The van der Waals surface area contributed by atoms with Crippen molar-refractivity contribution in [3.63, 3.8) is 0 Å². The Morgan fingerprint density at radius 3 is 2.26 bits per heavy atom. The van der Waals surface area contributed by atoms with Crippen molar-refractivity contribution >= 4 is 29.3 Å². The van der Waals surface area contributed by atoms with Crippen molar-refractivity contribution in [3.05, 3.63) is 102 Å². The van der Waals surface area contributed by atoms with Crippen LogP contribution in [0, 0.1) is 5.92 Å². The summed E-state index contributed by atoms with van der Waals surface area (Å²) in [6, 6.07) is 24.1. The molecule has 1 unspecified atom stereocenters. The molecule has 0 spiro atoms. The molecule has 1 atom stereocenters. The van der Waals surface area contributed by atoms with Crippen molar-refractivity contribution in [2.45, 2.75) is 26.4 Å². The molecule has 5 N–H and O–H groups in total. The topological polar surface area (TPSA) is 96.2 Å². The molecule has 0 radical (unpaired) electrons. The van der Waals surface area contributed by atoms with Gasteiger partial charge in [0.15, 0.2) is 0 Å². The summed E-state index contributed by atoms with van der Waals surface area (Å²) in [4.78, 5) is 25.2. The van der Waals surface area contributed by atoms with Gasteiger partial charge >= 0.3 is 0 Å². The van der Waals surface area contributed by atoms with Crippen molar-refractivity contribution < 1.29 is 9.59 Å². The van der Waals surface area contributed by atoms with Gasteiger partial charge in [-0.3, -0.25) is 9.59 Å². The van der Waals surface area contributed by atoms with E-state index < -0.39 is 6.04 Å². The molecule has 0 aliphatic heterocycles. The van der Waals surface area contributed by atoms with E-state index in [4.69, 9.17) is 5.73 Å². The van der Waals surface area contributed by atoms with Gasteiger partial charge in [-0.05, 0) is 47.4 Å². The summed E-state index contributed by atoms with van der Waals surface area (Å²) >= 11 is 0. The Balaban J connectivity index is 1.65. The maximum Gasteiger partial charge on any atom is 0.248 e. The molecular formula is C28H32N4O2. The molecule has 0 heterocycles. The van der Waals surface area contributed by atoms with Crippen LogP contribution in [0.3, 0.4) is 0 Å². The van der Waals surface area contributed by atoms with Gasteiger partial charge in [-0.1, -0.05) is 80.6 Å². The molecule has 6 nitrogen and oxygen atoms in total. The number of amides is 2. The number of anilines is 2. The first-order chi connectivity index (χ1) is 16.4. The Morgan fingerprint density at radius 1 is 0.912 bits per heavy atom. The minimum atomic E-state index is -0.464. The van der Waals surface area contributed by atoms with Crippen molar-refractivity contribution in [3.8, 4) is 0 Å². The lowest BCUT2D eigenvalue weighted by Crippen LogP contribution is -2.38. The molecule has 0 fully saturated rings. The fraction of sp³-hybridized carbons (Fsp3) is 0.214. The predicted molar refractivity (Wildman–Crippen MR) is 139 cm³/mol. The first-order valence-electron chi connectivity index (χ1n) is 11.4. The minimum Gasteiger partial charge on any atom is -0.397 e. The number of nitrogen functional groups attached to an aromatic ring is 1. The van der Waals surface area contributed by atoms with Crippen LogP contribution in [0.1, 0.15) is 36.6 Å². The van der Waals surface area contributed by atoms with Crippen LogP contribution in [0.2, 0.25) is 0 Å². The van der Waals surface area contributed by atoms with E-state index >= 15 is 0 Å². The Morgan fingerprint density at radius 2 is 1.59 bits per heavy atom. The number of hydrogen-bond donors (Lipinski definition) is 4. The van der Waals surface area contributed by atoms with Gasteiger partial charge < -0.3 is 21.7 Å². The minimum absolute atomic E-state index is 0.0763. The molecule has 0 saturated carbocycles. The van der Waals surface area contributed by atoms with Crippen LogP contribution in [0.15, 0.2) is 84.9 Å². The number of hydrogen-bond acceptors (Lipinski definition) is 4. The smallest absolute Gasteiger partial charge is 0.248 e. The zero-order valence-electron chi connectivity index (χ0n) is 19.6. The van der Waals surface area contributed by atoms with E-state index in [-0.39, 0.29) is 11.8 Å². The molecule has 6 heteroatoms. The molecule has 3 aromatic carbocycles. The molecule has 3 aromatic rings. The van der Waals surface area contributed by atoms with Gasteiger partial charge in [-0.25, -0.2) is 0 Å². The highest BCUT2D eigenvalue weighted by Gasteiger charge is 2.20. The first-order valence-corrected chi connectivity index (χ1v) is 11.4. The van der Waals surface area contributed by atoms with Gasteiger partial charge in [-0.15, -0.1) is 0 Å². The lowest BCUT2D eigenvalue weighted by atomic mass is 10.0. The summed E-state index contributed by atoms with van der Waals surface area (Å²) in [5.41, 5.74) is 9.73. The van der Waals surface area contributed by atoms with E-state index in [0.29, 0.717) is 30.4 Å². The van der Waals surface area contributed by atoms with E-state index in [9.17, 15) is 9.59 Å². The van der Waals surface area contributed by atoms with Crippen LogP contribution in [0.5, 0.6) is 0 Å². The Labute approximate surface area is 201 Å². The van der Waals surface area contributed by atoms with Crippen LogP contribution in [-0.4, -0.2) is 18.4 Å². The summed E-state index contributed by atoms with van der Waals surface area (Å²) in [6.45, 7) is 5.40. The molecule has 3 rings (SSSR count). The number of para-hydroxylation sites is 2. The van der Waals surface area contributed by atoms with Crippen LogP contribution < -0.4 is 21.7 Å². The third-order valence-electron chi connectivity index (χ3n) is 5.22. The van der Waals surface area contributed by atoms with Crippen molar-refractivity contribution in [1.82, 2.24) is 10.6 Å². The van der Waals surface area contributed by atoms with E-state index in [1.807, 2.05) is 66.7 Å². The SMILES string of the molecule is CC(C)CNC(C(=O)NCc1ccccc1)c1ccc(/C=C/C(=O)Nc2ccccc2N)cc1. The Hall–Kier alpha value is -3.90. The molecule has 0 bridgehead atoms. The molecule has 0 aliphatic carbocycles. The van der Waals surface area contributed by atoms with Gasteiger partial charge in [-0.2, -0.15) is 0 Å². The molecule has 0 aliphatic rings. The summed E-state index contributed by atoms with van der Waals surface area (Å²) in [5.74, 6) is 0.0650. The average molecular weight is 457 g/mol. The highest BCUT2D eigenvalue weighted by Crippen LogP contribution is 2.18. The first kappa shape index (κ1) is 24.7. The zero-order chi connectivity index (χ0) is 24.3. The van der Waals surface area contributed by atoms with E-state index in [0.717, 1.165) is 16.7 Å². The fourth-order valence-corrected chi connectivity index (χ4v) is 3.36. The second kappa shape index (κ2) is 12.4. The molecule has 2 amide bonds. The molecule has 0 aromatic heterocycles. The van der Waals surface area contributed by atoms with Gasteiger partial charge in [0.05, 0.1) is 11.4 Å². The monoisotopic (exact) mass is 456 g/mol. The Bertz CT molecular complexity index is 1110. The maximum atomic E-state index is 13.0. The normalized spacial score (nSPS) is 12.0. The second-order valence-corrected chi connectivity index (χ2v) is 8.52. The highest BCUT2D eigenvalue weighted by molar-refractivity contribution is 6.03. The highest BCUT2D eigenvalue weighted by atomic mass is 16.2. The number of carbonyl (C=O) groups excluding carboxylic acids is 2. The summed E-state index contributed by atoms with van der Waals surface area (Å²) in [6.07, 6.45) is 3.19. The van der Waals surface area contributed by atoms with Crippen molar-refractivity contribution in [2.24, 2.45) is 5.92 Å². The van der Waals surface area contributed by atoms with E-state index in [1.54, 1.807) is 18.2 Å². The quantitative estimate of drug-likeness (QED) is 0.266. The zero-order valence-corrected chi connectivity index (χ0v) is 19.6. The van der Waals surface area contributed by atoms with Crippen LogP contribution >= 0.6 is 0 Å². The van der Waals surface area contributed by atoms with Crippen LogP contribution in [-0.2, 0) is 16.1 Å². The van der Waals surface area contributed by atoms with Gasteiger partial charge in [0.25, 0.3) is 0 Å². The average Bonchev–Trinajstić information content (AvgIpc) is 2.84. The lowest BCUT2D eigenvalue weighted by Gasteiger charge is -2.20. The maximum absolute atomic E-state index is 13.0. The van der Waals surface area contributed by atoms with E-state index in [1.165, 1.54) is 6.08 Å².